The van der Waals surface area contributed by atoms with E-state index in [2.05, 4.69) is 20.3 Å². The Hall–Kier alpha value is -4.27. The molecule has 292 valence electrons. The molecule has 13 nitrogen and oxygen atoms in total. The first-order chi connectivity index (χ1) is 25.3. The molecule has 2 aromatic rings. The van der Waals surface area contributed by atoms with Crippen molar-refractivity contribution in [3.8, 4) is 5.75 Å². The second-order valence-corrected chi connectivity index (χ2v) is 19.3. The summed E-state index contributed by atoms with van der Waals surface area (Å²) >= 11 is 0. The molecule has 4 heterocycles. The first-order valence-corrected chi connectivity index (χ1v) is 20.5. The third-order valence-electron chi connectivity index (χ3n) is 11.6. The second-order valence-electron chi connectivity index (χ2n) is 17.1. The number of carbonyl (C=O) groups is 4. The third-order valence-corrected chi connectivity index (χ3v) is 13.8. The zero-order valence-corrected chi connectivity index (χ0v) is 32.4. The molecule has 1 saturated heterocycles. The van der Waals surface area contributed by atoms with Gasteiger partial charge < -0.3 is 25.0 Å². The number of alkyl carbamates (subject to hydrolysis) is 1. The highest BCUT2D eigenvalue weighted by Gasteiger charge is 2.64. The maximum Gasteiger partial charge on any atom is 0.408 e. The van der Waals surface area contributed by atoms with Crippen molar-refractivity contribution in [1.82, 2.24) is 25.2 Å². The van der Waals surface area contributed by atoms with Crippen LogP contribution in [0, 0.1) is 18.7 Å². The topological polar surface area (TPSA) is 173 Å². The van der Waals surface area contributed by atoms with Gasteiger partial charge in [-0.25, -0.2) is 22.6 Å². The van der Waals surface area contributed by atoms with Gasteiger partial charge in [0, 0.05) is 23.3 Å². The number of benzene rings is 1. The Balaban J connectivity index is 1.24. The van der Waals surface area contributed by atoms with Gasteiger partial charge >= 0.3 is 6.09 Å². The summed E-state index contributed by atoms with van der Waals surface area (Å²) in [7, 11) is -4.00. The van der Waals surface area contributed by atoms with Crippen molar-refractivity contribution < 1.29 is 41.5 Å². The summed E-state index contributed by atoms with van der Waals surface area (Å²) < 4.78 is 54.2. The van der Waals surface area contributed by atoms with Crippen LogP contribution in [0.5, 0.6) is 5.75 Å². The zero-order chi connectivity index (χ0) is 38.8. The molecule has 1 spiro atoms. The van der Waals surface area contributed by atoms with Crippen LogP contribution in [0.1, 0.15) is 103 Å². The predicted molar refractivity (Wildman–Crippen MR) is 197 cm³/mol. The Morgan fingerprint density at radius 3 is 2.59 bits per heavy atom. The maximum atomic E-state index is 14.7. The highest BCUT2D eigenvalue weighted by Crippen LogP contribution is 2.49. The number of aromatic nitrogens is 1. The Kier molecular flexibility index (Phi) is 9.50. The minimum atomic E-state index is -4.00. The molecular weight excluding hydrogens is 718 g/mol. The molecule has 1 aromatic carbocycles. The summed E-state index contributed by atoms with van der Waals surface area (Å²) in [6, 6.07) is 2.26. The number of halogens is 1. The van der Waals surface area contributed by atoms with E-state index in [1.165, 1.54) is 17.0 Å². The summed E-state index contributed by atoms with van der Waals surface area (Å²) in [6.45, 7) is 8.55. The summed E-state index contributed by atoms with van der Waals surface area (Å²) in [6.07, 6.45) is 8.14. The summed E-state index contributed by atoms with van der Waals surface area (Å²) in [5, 5.41) is 6.30. The van der Waals surface area contributed by atoms with E-state index >= 15 is 0 Å². The number of carbonyl (C=O) groups excluding carboxylic acids is 4. The van der Waals surface area contributed by atoms with Crippen molar-refractivity contribution in [3.05, 3.63) is 47.4 Å². The largest absolute Gasteiger partial charge is 0.483 e. The number of aryl methyl sites for hydroxylation is 2. The summed E-state index contributed by atoms with van der Waals surface area (Å²) in [5.41, 5.74) is -1.40. The van der Waals surface area contributed by atoms with Gasteiger partial charge in [-0.1, -0.05) is 25.0 Å². The van der Waals surface area contributed by atoms with E-state index in [0.29, 0.717) is 67.3 Å². The van der Waals surface area contributed by atoms with E-state index in [9.17, 15) is 32.0 Å². The van der Waals surface area contributed by atoms with Gasteiger partial charge in [0.2, 0.25) is 21.8 Å². The summed E-state index contributed by atoms with van der Waals surface area (Å²) in [5.74, 6) is -2.31. The van der Waals surface area contributed by atoms with Gasteiger partial charge in [0.15, 0.2) is 0 Å². The SMILES string of the molecule is Cc1nc2ccc(F)cc2c2c1O[C@]1(CC2)C[C@H]2C(=O)N[C@]3(C(=O)NS(=O)(=O)C4(C)CC4)C[C@H]3/C=C\CCCCC[C@H](NC(=O)OC(C)(C)C)C(=O)N2C1. The fourth-order valence-corrected chi connectivity index (χ4v) is 9.43. The number of allylic oxidation sites excluding steroid dienone is 1. The minimum absolute atomic E-state index is 0.00819. The minimum Gasteiger partial charge on any atom is -0.483 e. The van der Waals surface area contributed by atoms with Crippen LogP contribution >= 0.6 is 0 Å². The Morgan fingerprint density at radius 1 is 1.11 bits per heavy atom. The molecule has 2 saturated carbocycles. The van der Waals surface area contributed by atoms with Crippen LogP contribution in [0.3, 0.4) is 0 Å². The van der Waals surface area contributed by atoms with Crippen LogP contribution in [0.2, 0.25) is 0 Å². The monoisotopic (exact) mass is 767 g/mol. The van der Waals surface area contributed by atoms with Gasteiger partial charge in [-0.3, -0.25) is 19.1 Å². The number of rotatable bonds is 4. The van der Waals surface area contributed by atoms with Gasteiger partial charge in [-0.05, 0) is 104 Å². The van der Waals surface area contributed by atoms with E-state index < -0.39 is 79.1 Å². The Labute approximate surface area is 315 Å². The van der Waals surface area contributed by atoms with E-state index in [1.54, 1.807) is 40.7 Å². The van der Waals surface area contributed by atoms with Gasteiger partial charge in [0.05, 0.1) is 22.5 Å². The fourth-order valence-electron chi connectivity index (χ4n) is 8.11. The second kappa shape index (κ2) is 13.5. The molecule has 4 amide bonds. The lowest BCUT2D eigenvalue weighted by molar-refractivity contribution is -0.141. The van der Waals surface area contributed by atoms with Crippen LogP contribution in [-0.4, -0.2) is 82.2 Å². The first-order valence-electron chi connectivity index (χ1n) is 19.0. The number of fused-ring (bicyclic) bond motifs is 5. The maximum absolute atomic E-state index is 14.7. The zero-order valence-electron chi connectivity index (χ0n) is 31.6. The normalized spacial score (nSPS) is 30.0. The molecule has 3 fully saturated rings. The number of hydrogen-bond acceptors (Lipinski definition) is 9. The Morgan fingerprint density at radius 2 is 1.87 bits per heavy atom. The van der Waals surface area contributed by atoms with Crippen molar-refractivity contribution in [2.75, 3.05) is 6.54 Å². The lowest BCUT2D eigenvalue weighted by Gasteiger charge is -2.36. The van der Waals surface area contributed by atoms with Crippen molar-refractivity contribution >= 4 is 44.7 Å². The van der Waals surface area contributed by atoms with E-state index in [1.807, 2.05) is 12.2 Å². The number of amides is 4. The predicted octanol–water partition coefficient (Wildman–Crippen LogP) is 4.63. The molecular formula is C39H50FN5O8S. The van der Waals surface area contributed by atoms with Crippen LogP contribution in [0.4, 0.5) is 9.18 Å². The molecule has 5 aliphatic rings. The first kappa shape index (κ1) is 38.0. The molecule has 3 N–H and O–H groups in total. The number of ether oxygens (including phenoxy) is 2. The van der Waals surface area contributed by atoms with Gasteiger partial charge in [-0.15, -0.1) is 0 Å². The molecule has 1 aromatic heterocycles. The van der Waals surface area contributed by atoms with E-state index in [-0.39, 0.29) is 19.4 Å². The van der Waals surface area contributed by atoms with Crippen LogP contribution < -0.4 is 20.1 Å². The van der Waals surface area contributed by atoms with Crippen LogP contribution in [0.15, 0.2) is 30.4 Å². The van der Waals surface area contributed by atoms with Gasteiger partial charge in [0.25, 0.3) is 5.91 Å². The quantitative estimate of drug-likeness (QED) is 0.375. The van der Waals surface area contributed by atoms with Crippen LogP contribution in [0.25, 0.3) is 10.9 Å². The number of pyridine rings is 1. The van der Waals surface area contributed by atoms with Crippen molar-refractivity contribution in [3.63, 3.8) is 0 Å². The molecule has 0 bridgehead atoms. The average Bonchev–Trinajstić information content (AvgIpc) is 3.98. The number of hydrogen-bond donors (Lipinski definition) is 3. The fraction of sp³-hybridized carbons (Fsp3) is 0.615. The van der Waals surface area contributed by atoms with E-state index in [4.69, 9.17) is 9.47 Å². The van der Waals surface area contributed by atoms with Crippen LogP contribution in [-0.2, 0) is 35.6 Å². The molecule has 2 aliphatic carbocycles. The smallest absolute Gasteiger partial charge is 0.408 e. The number of nitrogens with zero attached hydrogens (tertiary/aromatic N) is 2. The molecule has 15 heteroatoms. The van der Waals surface area contributed by atoms with Gasteiger partial charge in [-0.2, -0.15) is 0 Å². The van der Waals surface area contributed by atoms with Crippen molar-refractivity contribution in [2.45, 2.75) is 139 Å². The third kappa shape index (κ3) is 7.27. The highest BCUT2D eigenvalue weighted by molar-refractivity contribution is 7.91. The number of nitrogens with one attached hydrogen (secondary N) is 3. The Bertz CT molecular complexity index is 2050. The van der Waals surface area contributed by atoms with E-state index in [0.717, 1.165) is 18.4 Å². The molecule has 54 heavy (non-hydrogen) atoms. The lowest BCUT2D eigenvalue weighted by atomic mass is 9.87. The molecule has 3 aliphatic heterocycles. The lowest BCUT2D eigenvalue weighted by Crippen LogP contribution is -2.58. The van der Waals surface area contributed by atoms with Crippen molar-refractivity contribution in [1.29, 1.82) is 0 Å². The van der Waals surface area contributed by atoms with Crippen molar-refractivity contribution in [2.24, 2.45) is 5.92 Å². The highest BCUT2D eigenvalue weighted by atomic mass is 32.2. The van der Waals surface area contributed by atoms with Gasteiger partial charge in [0.1, 0.15) is 40.4 Å². The molecule has 5 atom stereocenters. The average molecular weight is 768 g/mol. The molecule has 0 radical (unpaired) electrons. The molecule has 0 unspecified atom stereocenters. The standard InChI is InChI=1S/C39H50FN5O8S/c1-23-31-26(27-19-25(40)13-14-28(27)41-23)15-16-38(52-31)21-30-32(46)43-39(34(48)44-54(50,51)37(5)17-18-37)20-24(39)11-9-7-6-8-10-12-29(33(47)45(30)22-38)42-35(49)53-36(2,3)4/h9,11,13-14,19,24,29-30H,6-8,10,12,15-18,20-22H2,1-5H3,(H,42,49)(H,43,46)(H,44,48)/b11-9-/t24-,29+,30+,38-,39-/m1/s1. The molecule has 7 rings (SSSR count). The summed E-state index contributed by atoms with van der Waals surface area (Å²) in [4.78, 5) is 62.3. The number of sulfonamides is 1.